The number of hydrogen-bond acceptors (Lipinski definition) is 8. The van der Waals surface area contributed by atoms with E-state index in [2.05, 4.69) is 5.32 Å². The molecule has 146 valence electrons. The normalized spacial score (nSPS) is 12.2. The van der Waals surface area contributed by atoms with E-state index in [1.165, 1.54) is 11.8 Å². The molecule has 9 heteroatoms. The number of hydrogen-bond donors (Lipinski definition) is 2. The number of esters is 2. The zero-order valence-electron chi connectivity index (χ0n) is 15.3. The molecule has 0 bridgehead atoms. The van der Waals surface area contributed by atoms with Crippen LogP contribution in [0.1, 0.15) is 34.1 Å². The van der Waals surface area contributed by atoms with Gasteiger partial charge in [0.25, 0.3) is 0 Å². The van der Waals surface area contributed by atoms with Gasteiger partial charge in [0, 0.05) is 5.75 Å². The molecule has 1 amide bonds. The maximum atomic E-state index is 11.7. The van der Waals surface area contributed by atoms with E-state index in [0.717, 1.165) is 0 Å². The lowest BCUT2D eigenvalue weighted by Gasteiger charge is -2.20. The van der Waals surface area contributed by atoms with Gasteiger partial charge in [-0.3, -0.25) is 9.59 Å². The Hall–Kier alpha value is -1.48. The second kappa shape index (κ2) is 12.8. The topological polar surface area (TPSA) is 111 Å². The molecule has 0 saturated carbocycles. The Kier molecular flexibility index (Phi) is 12.1. The van der Waals surface area contributed by atoms with E-state index in [9.17, 15) is 14.4 Å². The van der Waals surface area contributed by atoms with Crippen LogP contribution >= 0.6 is 11.8 Å². The summed E-state index contributed by atoms with van der Waals surface area (Å²) in [5.74, 6) is -0.539. The molecule has 0 saturated heterocycles. The zero-order chi connectivity index (χ0) is 19.3. The number of aliphatic hydroxyl groups excluding tert-OH is 1. The first-order valence-corrected chi connectivity index (χ1v) is 9.33. The molecule has 1 unspecified atom stereocenters. The molecule has 0 fully saturated rings. The fraction of sp³-hybridized carbons (Fsp3) is 0.812. The summed E-state index contributed by atoms with van der Waals surface area (Å²) in [5, 5.41) is 11.0. The number of alkyl carbamates (subject to hydrolysis) is 1. The second-order valence-electron chi connectivity index (χ2n) is 6.01. The van der Waals surface area contributed by atoms with E-state index >= 15 is 0 Å². The summed E-state index contributed by atoms with van der Waals surface area (Å²) in [6, 6.07) is 0. The Morgan fingerprint density at radius 2 is 1.84 bits per heavy atom. The smallest absolute Gasteiger partial charge is 0.408 e. The van der Waals surface area contributed by atoms with Crippen molar-refractivity contribution in [3.05, 3.63) is 0 Å². The lowest BCUT2D eigenvalue weighted by Crippen LogP contribution is -2.32. The molecule has 25 heavy (non-hydrogen) atoms. The SMILES string of the molecule is CCC(C)(C)C(=O)OCCNC(=O)OCSCC(C)C(=O)OCCO. The molecule has 0 rings (SSSR count). The average molecular weight is 379 g/mol. The van der Waals surface area contributed by atoms with E-state index in [-0.39, 0.29) is 44.2 Å². The van der Waals surface area contributed by atoms with Crippen LogP contribution in [0, 0.1) is 11.3 Å². The summed E-state index contributed by atoms with van der Waals surface area (Å²) < 4.78 is 14.8. The first-order chi connectivity index (χ1) is 11.7. The lowest BCUT2D eigenvalue weighted by molar-refractivity contribution is -0.154. The minimum absolute atomic E-state index is 0.0211. The lowest BCUT2D eigenvalue weighted by atomic mass is 9.91. The van der Waals surface area contributed by atoms with Gasteiger partial charge >= 0.3 is 18.0 Å². The summed E-state index contributed by atoms with van der Waals surface area (Å²) in [7, 11) is 0. The number of aliphatic hydroxyl groups is 1. The maximum absolute atomic E-state index is 11.7. The van der Waals surface area contributed by atoms with Gasteiger partial charge in [0.05, 0.1) is 24.5 Å². The Balaban J connectivity index is 3.72. The average Bonchev–Trinajstić information content (AvgIpc) is 2.59. The summed E-state index contributed by atoms with van der Waals surface area (Å²) in [5.41, 5.74) is -0.536. The molecule has 2 N–H and O–H groups in total. The molecule has 0 radical (unpaired) electrons. The van der Waals surface area contributed by atoms with Crippen molar-refractivity contribution in [2.45, 2.75) is 34.1 Å². The van der Waals surface area contributed by atoms with Crippen LogP contribution in [0.4, 0.5) is 4.79 Å². The van der Waals surface area contributed by atoms with Crippen LogP contribution in [0.2, 0.25) is 0 Å². The number of carbonyl (C=O) groups is 3. The Labute approximate surface area is 153 Å². The quantitative estimate of drug-likeness (QED) is 0.227. The van der Waals surface area contributed by atoms with Crippen molar-refractivity contribution in [1.82, 2.24) is 5.32 Å². The number of thioether (sulfide) groups is 1. The van der Waals surface area contributed by atoms with E-state index in [1.807, 2.05) is 6.92 Å². The van der Waals surface area contributed by atoms with Crippen LogP contribution in [-0.4, -0.2) is 61.2 Å². The Bertz CT molecular complexity index is 429. The molecule has 0 spiro atoms. The molecule has 0 aliphatic carbocycles. The minimum atomic E-state index is -0.617. The summed E-state index contributed by atoms with van der Waals surface area (Å²) in [6.45, 7) is 7.22. The fourth-order valence-corrected chi connectivity index (χ4v) is 2.14. The van der Waals surface area contributed by atoms with Gasteiger partial charge in [0.15, 0.2) is 0 Å². The molecule has 0 heterocycles. The first kappa shape index (κ1) is 23.5. The third-order valence-electron chi connectivity index (χ3n) is 3.42. The van der Waals surface area contributed by atoms with Gasteiger partial charge in [-0.15, -0.1) is 11.8 Å². The van der Waals surface area contributed by atoms with Crippen LogP contribution < -0.4 is 5.32 Å². The predicted molar refractivity (Wildman–Crippen MR) is 94.0 cm³/mol. The molecule has 0 aliphatic rings. The monoisotopic (exact) mass is 379 g/mol. The largest absolute Gasteiger partial charge is 0.463 e. The Morgan fingerprint density at radius 3 is 2.44 bits per heavy atom. The molecular formula is C16H29NO7S. The van der Waals surface area contributed by atoms with E-state index < -0.39 is 17.5 Å². The van der Waals surface area contributed by atoms with Crippen molar-refractivity contribution in [3.8, 4) is 0 Å². The van der Waals surface area contributed by atoms with E-state index in [0.29, 0.717) is 12.2 Å². The van der Waals surface area contributed by atoms with E-state index in [1.54, 1.807) is 20.8 Å². The van der Waals surface area contributed by atoms with Crippen molar-refractivity contribution in [2.24, 2.45) is 11.3 Å². The van der Waals surface area contributed by atoms with Crippen molar-refractivity contribution in [3.63, 3.8) is 0 Å². The number of ether oxygens (including phenoxy) is 3. The highest BCUT2D eigenvalue weighted by molar-refractivity contribution is 7.99. The highest BCUT2D eigenvalue weighted by atomic mass is 32.2. The van der Waals surface area contributed by atoms with Crippen LogP contribution in [0.25, 0.3) is 0 Å². The molecule has 0 aromatic heterocycles. The fourth-order valence-electron chi connectivity index (χ4n) is 1.36. The highest BCUT2D eigenvalue weighted by Crippen LogP contribution is 2.21. The third-order valence-corrected chi connectivity index (χ3v) is 4.44. The number of rotatable bonds is 12. The molecule has 0 aromatic rings. The summed E-state index contributed by atoms with van der Waals surface area (Å²) >= 11 is 1.27. The molecule has 0 aliphatic heterocycles. The second-order valence-corrected chi connectivity index (χ2v) is 6.99. The molecular weight excluding hydrogens is 350 g/mol. The van der Waals surface area contributed by atoms with Gasteiger partial charge in [0.1, 0.15) is 19.2 Å². The zero-order valence-corrected chi connectivity index (χ0v) is 16.1. The van der Waals surface area contributed by atoms with Gasteiger partial charge in [-0.1, -0.05) is 13.8 Å². The third kappa shape index (κ3) is 10.9. The van der Waals surface area contributed by atoms with Crippen LogP contribution in [0.15, 0.2) is 0 Å². The molecule has 8 nitrogen and oxygen atoms in total. The van der Waals surface area contributed by atoms with Crippen molar-refractivity contribution in [2.75, 3.05) is 38.1 Å². The standard InChI is InChI=1S/C16H29NO7S/c1-5-16(3,4)14(20)23-8-6-17-15(21)24-11-25-10-12(2)13(19)22-9-7-18/h12,18H,5-11H2,1-4H3,(H,17,21). The Morgan fingerprint density at radius 1 is 1.16 bits per heavy atom. The predicted octanol–water partition coefficient (Wildman–Crippen LogP) is 1.55. The van der Waals surface area contributed by atoms with Crippen molar-refractivity contribution >= 4 is 29.8 Å². The van der Waals surface area contributed by atoms with Gasteiger partial charge in [-0.05, 0) is 20.3 Å². The minimum Gasteiger partial charge on any atom is -0.463 e. The first-order valence-electron chi connectivity index (χ1n) is 8.17. The van der Waals surface area contributed by atoms with Gasteiger partial charge in [0.2, 0.25) is 0 Å². The van der Waals surface area contributed by atoms with Gasteiger partial charge in [-0.2, -0.15) is 0 Å². The number of amides is 1. The van der Waals surface area contributed by atoms with Crippen molar-refractivity contribution < 1.29 is 33.7 Å². The van der Waals surface area contributed by atoms with Crippen LogP contribution in [-0.2, 0) is 23.8 Å². The molecule has 0 aromatic carbocycles. The summed E-state index contributed by atoms with van der Waals surface area (Å²) in [6.07, 6.45) is 0.0543. The van der Waals surface area contributed by atoms with E-state index in [4.69, 9.17) is 19.3 Å². The van der Waals surface area contributed by atoms with Gasteiger partial charge in [-0.25, -0.2) is 4.79 Å². The van der Waals surface area contributed by atoms with Gasteiger partial charge < -0.3 is 24.6 Å². The van der Waals surface area contributed by atoms with Crippen molar-refractivity contribution in [1.29, 1.82) is 0 Å². The number of nitrogens with one attached hydrogen (secondary N) is 1. The summed E-state index contributed by atoms with van der Waals surface area (Å²) in [4.78, 5) is 34.6. The van der Waals surface area contributed by atoms with Crippen LogP contribution in [0.5, 0.6) is 0 Å². The number of carbonyl (C=O) groups excluding carboxylic acids is 3. The highest BCUT2D eigenvalue weighted by Gasteiger charge is 2.26. The maximum Gasteiger partial charge on any atom is 0.408 e. The van der Waals surface area contributed by atoms with Crippen LogP contribution in [0.3, 0.4) is 0 Å². The molecule has 1 atom stereocenters.